The number of rotatable bonds is 7. The minimum atomic E-state index is -0.516. The van der Waals surface area contributed by atoms with E-state index in [1.54, 1.807) is 11.3 Å². The van der Waals surface area contributed by atoms with Gasteiger partial charge in [0.25, 0.3) is 0 Å². The van der Waals surface area contributed by atoms with Gasteiger partial charge >= 0.3 is 0 Å². The highest BCUT2D eigenvalue weighted by atomic mass is 32.1. The highest BCUT2D eigenvalue weighted by Gasteiger charge is 2.22. The standard InChI is InChI=1S/C21H20N6OS/c1-15-13-29-21(24-15)18-9-5-8-17(10-18)12-22-20(28)19(27-14-23-25-26-27)11-16-6-3-2-4-7-16/h2-10,13-14,19H,11-12H2,1H3,(H,22,28)/t19-/m1/s1. The molecule has 8 heteroatoms. The molecule has 0 saturated carbocycles. The SMILES string of the molecule is Cc1csc(-c2cccc(CNC(=O)[C@@H](Cc3ccccc3)n3cnnn3)c2)n1. The van der Waals surface area contributed by atoms with Crippen molar-refractivity contribution >= 4 is 17.2 Å². The Bertz CT molecular complexity index is 1080. The molecule has 0 aliphatic heterocycles. The number of tetrazole rings is 1. The van der Waals surface area contributed by atoms with E-state index in [4.69, 9.17) is 0 Å². The number of carbonyl (C=O) groups excluding carboxylic acids is 1. The Morgan fingerprint density at radius 3 is 2.69 bits per heavy atom. The van der Waals surface area contributed by atoms with Crippen LogP contribution in [0.3, 0.4) is 0 Å². The highest BCUT2D eigenvalue weighted by molar-refractivity contribution is 7.13. The van der Waals surface area contributed by atoms with Crippen molar-refractivity contribution in [2.75, 3.05) is 0 Å². The topological polar surface area (TPSA) is 85.6 Å². The summed E-state index contributed by atoms with van der Waals surface area (Å²) in [4.78, 5) is 17.5. The lowest BCUT2D eigenvalue weighted by atomic mass is 10.1. The van der Waals surface area contributed by atoms with Crippen molar-refractivity contribution in [3.63, 3.8) is 0 Å². The lowest BCUT2D eigenvalue weighted by molar-refractivity contribution is -0.124. The third-order valence-electron chi connectivity index (χ3n) is 4.52. The number of nitrogens with one attached hydrogen (secondary N) is 1. The lowest BCUT2D eigenvalue weighted by Gasteiger charge is -2.16. The summed E-state index contributed by atoms with van der Waals surface area (Å²) in [5, 5.41) is 17.3. The van der Waals surface area contributed by atoms with Crippen LogP contribution in [0.1, 0.15) is 22.9 Å². The van der Waals surface area contributed by atoms with Gasteiger partial charge in [-0.1, -0.05) is 48.5 Å². The largest absolute Gasteiger partial charge is 0.350 e. The Labute approximate surface area is 172 Å². The van der Waals surface area contributed by atoms with Gasteiger partial charge in [0.15, 0.2) is 0 Å². The number of aromatic nitrogens is 5. The Morgan fingerprint density at radius 1 is 1.14 bits per heavy atom. The number of amides is 1. The predicted molar refractivity (Wildman–Crippen MR) is 111 cm³/mol. The summed E-state index contributed by atoms with van der Waals surface area (Å²) in [7, 11) is 0. The zero-order valence-electron chi connectivity index (χ0n) is 15.9. The summed E-state index contributed by atoms with van der Waals surface area (Å²) in [5.74, 6) is -0.128. The minimum Gasteiger partial charge on any atom is -0.350 e. The number of nitrogens with zero attached hydrogens (tertiary/aromatic N) is 5. The zero-order chi connectivity index (χ0) is 20.1. The molecule has 29 heavy (non-hydrogen) atoms. The molecule has 0 aliphatic carbocycles. The number of hydrogen-bond acceptors (Lipinski definition) is 6. The van der Waals surface area contributed by atoms with E-state index in [9.17, 15) is 4.79 Å². The van der Waals surface area contributed by atoms with Gasteiger partial charge in [-0.15, -0.1) is 16.4 Å². The molecule has 0 saturated heterocycles. The molecule has 1 amide bonds. The molecule has 4 rings (SSSR count). The molecular weight excluding hydrogens is 384 g/mol. The Kier molecular flexibility index (Phi) is 5.71. The van der Waals surface area contributed by atoms with Gasteiger partial charge in [-0.25, -0.2) is 9.67 Å². The van der Waals surface area contributed by atoms with Crippen LogP contribution in [-0.2, 0) is 17.8 Å². The van der Waals surface area contributed by atoms with Gasteiger partial charge in [-0.05, 0) is 34.5 Å². The van der Waals surface area contributed by atoms with Crippen LogP contribution in [0.25, 0.3) is 10.6 Å². The molecule has 0 radical (unpaired) electrons. The third-order valence-corrected chi connectivity index (χ3v) is 5.53. The number of benzene rings is 2. The second-order valence-corrected chi connectivity index (χ2v) is 7.57. The third kappa shape index (κ3) is 4.72. The fourth-order valence-corrected chi connectivity index (χ4v) is 3.86. The van der Waals surface area contributed by atoms with Crippen LogP contribution in [0.5, 0.6) is 0 Å². The van der Waals surface area contributed by atoms with Gasteiger partial charge in [0, 0.05) is 29.6 Å². The van der Waals surface area contributed by atoms with Crippen LogP contribution in [0.4, 0.5) is 0 Å². The molecule has 146 valence electrons. The molecule has 1 N–H and O–H groups in total. The maximum atomic E-state index is 12.9. The van der Waals surface area contributed by atoms with Crippen molar-refractivity contribution in [1.82, 2.24) is 30.5 Å². The average Bonchev–Trinajstić information content (AvgIpc) is 3.43. The van der Waals surface area contributed by atoms with Crippen molar-refractivity contribution in [2.45, 2.75) is 25.9 Å². The monoisotopic (exact) mass is 404 g/mol. The Balaban J connectivity index is 1.47. The number of hydrogen-bond donors (Lipinski definition) is 1. The van der Waals surface area contributed by atoms with Gasteiger partial charge in [0.05, 0.1) is 0 Å². The minimum absolute atomic E-state index is 0.128. The van der Waals surface area contributed by atoms with Crippen molar-refractivity contribution in [2.24, 2.45) is 0 Å². The highest BCUT2D eigenvalue weighted by Crippen LogP contribution is 2.24. The van der Waals surface area contributed by atoms with E-state index in [1.807, 2.05) is 60.8 Å². The molecule has 1 atom stereocenters. The van der Waals surface area contributed by atoms with Crippen LogP contribution in [0, 0.1) is 6.92 Å². The van der Waals surface area contributed by atoms with Gasteiger partial charge in [0.1, 0.15) is 17.4 Å². The van der Waals surface area contributed by atoms with Crippen molar-refractivity contribution < 1.29 is 4.79 Å². The molecule has 7 nitrogen and oxygen atoms in total. The molecular formula is C21H20N6OS. The molecule has 4 aromatic rings. The first-order chi connectivity index (χ1) is 14.2. The summed E-state index contributed by atoms with van der Waals surface area (Å²) < 4.78 is 1.50. The molecule has 2 aromatic carbocycles. The quantitative estimate of drug-likeness (QED) is 0.511. The van der Waals surface area contributed by atoms with E-state index in [0.29, 0.717) is 13.0 Å². The van der Waals surface area contributed by atoms with Crippen LogP contribution in [-0.4, -0.2) is 31.1 Å². The summed E-state index contributed by atoms with van der Waals surface area (Å²) in [6.45, 7) is 2.40. The van der Waals surface area contributed by atoms with Gasteiger partial charge in [0.2, 0.25) is 5.91 Å². The fourth-order valence-electron chi connectivity index (χ4n) is 3.06. The summed E-state index contributed by atoms with van der Waals surface area (Å²) in [6.07, 6.45) is 1.98. The normalized spacial score (nSPS) is 11.9. The fraction of sp³-hybridized carbons (Fsp3) is 0.190. The molecule has 0 bridgehead atoms. The average molecular weight is 404 g/mol. The smallest absolute Gasteiger partial charge is 0.245 e. The van der Waals surface area contributed by atoms with Crippen molar-refractivity contribution in [1.29, 1.82) is 0 Å². The Morgan fingerprint density at radius 2 is 1.97 bits per heavy atom. The predicted octanol–water partition coefficient (Wildman–Crippen LogP) is 3.21. The first-order valence-electron chi connectivity index (χ1n) is 9.24. The first kappa shape index (κ1) is 18.9. The van der Waals surface area contributed by atoms with Gasteiger partial charge in [-0.3, -0.25) is 4.79 Å². The second kappa shape index (κ2) is 8.74. The summed E-state index contributed by atoms with van der Waals surface area (Å²) >= 11 is 1.62. The van der Waals surface area contributed by atoms with Crippen molar-refractivity contribution in [3.8, 4) is 10.6 Å². The van der Waals surface area contributed by atoms with Crippen molar-refractivity contribution in [3.05, 3.63) is 83.1 Å². The Hall–Kier alpha value is -3.39. The number of thiazole rings is 1. The maximum Gasteiger partial charge on any atom is 0.245 e. The molecule has 2 heterocycles. The molecule has 0 unspecified atom stereocenters. The van der Waals surface area contributed by atoms with E-state index in [2.05, 4.69) is 31.9 Å². The summed E-state index contributed by atoms with van der Waals surface area (Å²) in [6, 6.07) is 17.4. The lowest BCUT2D eigenvalue weighted by Crippen LogP contribution is -2.34. The zero-order valence-corrected chi connectivity index (χ0v) is 16.7. The van der Waals surface area contributed by atoms with E-state index < -0.39 is 6.04 Å². The van der Waals surface area contributed by atoms with Gasteiger partial charge in [-0.2, -0.15) is 0 Å². The molecule has 0 spiro atoms. The van der Waals surface area contributed by atoms with E-state index in [0.717, 1.165) is 27.4 Å². The first-order valence-corrected chi connectivity index (χ1v) is 10.1. The van der Waals surface area contributed by atoms with Crippen LogP contribution in [0.2, 0.25) is 0 Å². The van der Waals surface area contributed by atoms with E-state index in [1.165, 1.54) is 11.0 Å². The van der Waals surface area contributed by atoms with Crippen LogP contribution >= 0.6 is 11.3 Å². The van der Waals surface area contributed by atoms with Crippen LogP contribution in [0.15, 0.2) is 66.3 Å². The number of aryl methyl sites for hydroxylation is 1. The second-order valence-electron chi connectivity index (χ2n) is 6.71. The van der Waals surface area contributed by atoms with Crippen LogP contribution < -0.4 is 5.32 Å². The molecule has 0 fully saturated rings. The van der Waals surface area contributed by atoms with Gasteiger partial charge < -0.3 is 5.32 Å². The molecule has 2 aromatic heterocycles. The van der Waals surface area contributed by atoms with E-state index >= 15 is 0 Å². The number of carbonyl (C=O) groups is 1. The summed E-state index contributed by atoms with van der Waals surface area (Å²) in [5.41, 5.74) is 4.12. The van der Waals surface area contributed by atoms with E-state index in [-0.39, 0.29) is 5.91 Å². The maximum absolute atomic E-state index is 12.9. The molecule has 0 aliphatic rings.